The lowest BCUT2D eigenvalue weighted by Crippen LogP contribution is -2.38. The van der Waals surface area contributed by atoms with Crippen molar-refractivity contribution in [1.29, 1.82) is 0 Å². The van der Waals surface area contributed by atoms with E-state index in [1.54, 1.807) is 37.3 Å². The Morgan fingerprint density at radius 2 is 1.76 bits per heavy atom. The molecular weight excluding hydrogens is 343 g/mol. The summed E-state index contributed by atoms with van der Waals surface area (Å²) in [6, 6.07) is 7.52. The minimum absolute atomic E-state index is 0.0702. The van der Waals surface area contributed by atoms with Gasteiger partial charge in [-0.05, 0) is 31.9 Å². The highest BCUT2D eigenvalue weighted by molar-refractivity contribution is 7.52. The summed E-state index contributed by atoms with van der Waals surface area (Å²) in [7, 11) is -4.04. The molecule has 25 heavy (non-hydrogen) atoms. The standard InChI is InChI=1S/C17H27N2O5P/c1-14(19-22-15-10-6-3-2-4-7-11-15)17(20)24-25(18,21)23-16-12-8-5-9-13-16/h5,8-9,12-15,19H,2-4,6-7,10-11H2,1H3,(H2,18,21)/t14-,25?/m0/s1. The van der Waals surface area contributed by atoms with E-state index < -0.39 is 19.8 Å². The Labute approximate surface area is 148 Å². The van der Waals surface area contributed by atoms with Crippen molar-refractivity contribution < 1.29 is 23.2 Å². The number of para-hydroxylation sites is 1. The predicted octanol–water partition coefficient (Wildman–Crippen LogP) is 3.70. The Balaban J connectivity index is 1.77. The Hall–Kier alpha value is -1.40. The fourth-order valence-corrected chi connectivity index (χ4v) is 3.50. The highest BCUT2D eigenvalue weighted by Crippen LogP contribution is 2.40. The second-order valence-corrected chi connectivity index (χ2v) is 7.72. The fraction of sp³-hybridized carbons (Fsp3) is 0.588. The van der Waals surface area contributed by atoms with Crippen LogP contribution in [-0.2, 0) is 18.7 Å². The average molecular weight is 370 g/mol. The van der Waals surface area contributed by atoms with Crippen LogP contribution in [0.2, 0.25) is 0 Å². The van der Waals surface area contributed by atoms with Gasteiger partial charge in [-0.3, -0.25) is 4.84 Å². The zero-order valence-corrected chi connectivity index (χ0v) is 15.5. The van der Waals surface area contributed by atoms with Crippen molar-refractivity contribution in [3.8, 4) is 5.75 Å². The fourth-order valence-electron chi connectivity index (χ4n) is 2.63. The number of carbonyl (C=O) groups is 1. The molecule has 1 aliphatic carbocycles. The smallest absolute Gasteiger partial charge is 0.405 e. The number of benzene rings is 1. The normalized spacial score (nSPS) is 19.9. The maximum Gasteiger partial charge on any atom is 0.512 e. The van der Waals surface area contributed by atoms with E-state index in [1.165, 1.54) is 19.3 Å². The van der Waals surface area contributed by atoms with Crippen LogP contribution in [0.4, 0.5) is 0 Å². The van der Waals surface area contributed by atoms with Gasteiger partial charge in [-0.2, -0.15) is 5.48 Å². The molecule has 0 aromatic heterocycles. The van der Waals surface area contributed by atoms with Gasteiger partial charge in [0.1, 0.15) is 11.8 Å². The molecule has 1 saturated carbocycles. The first-order valence-electron chi connectivity index (χ1n) is 8.74. The topological polar surface area (TPSA) is 99.9 Å². The van der Waals surface area contributed by atoms with Gasteiger partial charge in [-0.1, -0.05) is 50.3 Å². The highest BCUT2D eigenvalue weighted by Gasteiger charge is 2.29. The first-order valence-corrected chi connectivity index (χ1v) is 10.4. The summed E-state index contributed by atoms with van der Waals surface area (Å²) in [5, 5.41) is 0. The van der Waals surface area contributed by atoms with Crippen molar-refractivity contribution in [2.45, 2.75) is 64.0 Å². The minimum atomic E-state index is -4.04. The summed E-state index contributed by atoms with van der Waals surface area (Å²) in [6.45, 7) is 1.56. The Morgan fingerprint density at radius 3 is 2.40 bits per heavy atom. The Morgan fingerprint density at radius 1 is 1.16 bits per heavy atom. The van der Waals surface area contributed by atoms with Crippen molar-refractivity contribution in [2.24, 2.45) is 5.50 Å². The predicted molar refractivity (Wildman–Crippen MR) is 94.7 cm³/mol. The molecule has 1 unspecified atom stereocenters. The molecule has 0 spiro atoms. The van der Waals surface area contributed by atoms with E-state index in [9.17, 15) is 9.36 Å². The molecule has 1 aromatic carbocycles. The first-order chi connectivity index (χ1) is 12.0. The Kier molecular flexibility index (Phi) is 7.90. The maximum absolute atomic E-state index is 12.1. The van der Waals surface area contributed by atoms with Crippen molar-refractivity contribution in [3.63, 3.8) is 0 Å². The van der Waals surface area contributed by atoms with Crippen molar-refractivity contribution in [3.05, 3.63) is 30.3 Å². The molecule has 0 amide bonds. The molecular formula is C17H27N2O5P. The maximum atomic E-state index is 12.1. The molecule has 0 bridgehead atoms. The van der Waals surface area contributed by atoms with Crippen LogP contribution in [0.3, 0.4) is 0 Å². The van der Waals surface area contributed by atoms with E-state index in [2.05, 4.69) is 5.48 Å². The summed E-state index contributed by atoms with van der Waals surface area (Å²) in [5.74, 6) is -0.514. The van der Waals surface area contributed by atoms with Crippen LogP contribution in [0, 0.1) is 0 Å². The largest absolute Gasteiger partial charge is 0.512 e. The van der Waals surface area contributed by atoms with E-state index in [-0.39, 0.29) is 11.9 Å². The number of nitrogens with two attached hydrogens (primary N) is 1. The average Bonchev–Trinajstić information content (AvgIpc) is 2.53. The summed E-state index contributed by atoms with van der Waals surface area (Å²) in [4.78, 5) is 17.7. The van der Waals surface area contributed by atoms with E-state index in [0.29, 0.717) is 0 Å². The third-order valence-corrected chi connectivity index (χ3v) is 4.91. The van der Waals surface area contributed by atoms with E-state index in [1.807, 2.05) is 0 Å². The number of hydrogen-bond donors (Lipinski definition) is 2. The molecule has 0 heterocycles. The van der Waals surface area contributed by atoms with Crippen LogP contribution in [-0.4, -0.2) is 18.1 Å². The number of nitrogens with one attached hydrogen (secondary N) is 1. The summed E-state index contributed by atoms with van der Waals surface area (Å²) < 4.78 is 22.0. The molecule has 3 N–H and O–H groups in total. The number of rotatable bonds is 7. The molecule has 1 fully saturated rings. The zero-order valence-electron chi connectivity index (χ0n) is 14.6. The van der Waals surface area contributed by atoms with Crippen molar-refractivity contribution >= 4 is 13.7 Å². The van der Waals surface area contributed by atoms with Gasteiger partial charge in [0.2, 0.25) is 0 Å². The lowest BCUT2D eigenvalue weighted by Gasteiger charge is -2.22. The molecule has 0 radical (unpaired) electrons. The third kappa shape index (κ3) is 7.57. The molecule has 0 aliphatic heterocycles. The van der Waals surface area contributed by atoms with Gasteiger partial charge >= 0.3 is 13.7 Å². The van der Waals surface area contributed by atoms with Gasteiger partial charge < -0.3 is 9.05 Å². The van der Waals surface area contributed by atoms with Gasteiger partial charge in [0, 0.05) is 0 Å². The summed E-state index contributed by atoms with van der Waals surface area (Å²) >= 11 is 0. The van der Waals surface area contributed by atoms with Crippen LogP contribution in [0.1, 0.15) is 51.9 Å². The van der Waals surface area contributed by atoms with Gasteiger partial charge in [0.15, 0.2) is 0 Å². The van der Waals surface area contributed by atoms with E-state index in [0.717, 1.165) is 25.7 Å². The third-order valence-electron chi connectivity index (χ3n) is 4.01. The van der Waals surface area contributed by atoms with Gasteiger partial charge in [-0.25, -0.2) is 14.9 Å². The van der Waals surface area contributed by atoms with E-state index >= 15 is 0 Å². The van der Waals surface area contributed by atoms with Crippen LogP contribution >= 0.6 is 7.75 Å². The van der Waals surface area contributed by atoms with Gasteiger partial charge in [0.25, 0.3) is 0 Å². The minimum Gasteiger partial charge on any atom is -0.405 e. The summed E-state index contributed by atoms with van der Waals surface area (Å²) in [5.41, 5.74) is 8.17. The molecule has 7 nitrogen and oxygen atoms in total. The lowest BCUT2D eigenvalue weighted by atomic mass is 9.99. The lowest BCUT2D eigenvalue weighted by molar-refractivity contribution is -0.143. The molecule has 2 atom stereocenters. The number of carbonyl (C=O) groups excluding carboxylic acids is 1. The monoisotopic (exact) mass is 370 g/mol. The van der Waals surface area contributed by atoms with Crippen LogP contribution in [0.25, 0.3) is 0 Å². The van der Waals surface area contributed by atoms with Crippen LogP contribution in [0.15, 0.2) is 30.3 Å². The van der Waals surface area contributed by atoms with Crippen molar-refractivity contribution in [1.82, 2.24) is 5.48 Å². The molecule has 0 saturated heterocycles. The molecule has 8 heteroatoms. The number of hydroxylamine groups is 1. The molecule has 1 aliphatic rings. The first kappa shape index (κ1) is 19.9. The Bertz CT molecular complexity index is 576. The van der Waals surface area contributed by atoms with Gasteiger partial charge in [-0.15, -0.1) is 0 Å². The molecule has 1 aromatic rings. The zero-order chi connectivity index (χ0) is 18.1. The second-order valence-electron chi connectivity index (χ2n) is 6.28. The molecule has 2 rings (SSSR count). The number of hydrogen-bond acceptors (Lipinski definition) is 6. The highest BCUT2D eigenvalue weighted by atomic mass is 31.2. The quantitative estimate of drug-likeness (QED) is 0.557. The van der Waals surface area contributed by atoms with Gasteiger partial charge in [0.05, 0.1) is 6.10 Å². The van der Waals surface area contributed by atoms with Crippen LogP contribution < -0.4 is 15.5 Å². The summed E-state index contributed by atoms with van der Waals surface area (Å²) in [6.07, 6.45) is 7.93. The van der Waals surface area contributed by atoms with Crippen molar-refractivity contribution in [2.75, 3.05) is 0 Å². The molecule has 140 valence electrons. The second kappa shape index (κ2) is 9.92. The SMILES string of the molecule is C[C@H](NOC1CCCCCCC1)C(=O)OP(N)(=O)Oc1ccccc1. The van der Waals surface area contributed by atoms with E-state index in [4.69, 9.17) is 19.4 Å². The van der Waals surface area contributed by atoms with Crippen LogP contribution in [0.5, 0.6) is 5.75 Å².